The van der Waals surface area contributed by atoms with E-state index in [0.29, 0.717) is 13.0 Å². The SMILES string of the molecule is O=C(CCCCCCNC(=O)N1CCCC1)OCC1=CCCC=C1.[HH]. The van der Waals surface area contributed by atoms with Crippen molar-refractivity contribution in [3.8, 4) is 0 Å². The average Bonchev–Trinajstić information content (AvgIpc) is 3.14. The zero-order valence-corrected chi connectivity index (χ0v) is 14.6. The third kappa shape index (κ3) is 7.20. The Kier molecular flexibility index (Phi) is 8.42. The molecule has 5 heteroatoms. The van der Waals surface area contributed by atoms with Crippen LogP contribution in [0.25, 0.3) is 0 Å². The third-order valence-electron chi connectivity index (χ3n) is 4.45. The van der Waals surface area contributed by atoms with Gasteiger partial charge in [-0.1, -0.05) is 31.1 Å². The van der Waals surface area contributed by atoms with E-state index < -0.39 is 0 Å². The van der Waals surface area contributed by atoms with Crippen molar-refractivity contribution in [2.45, 2.75) is 57.8 Å². The van der Waals surface area contributed by atoms with Gasteiger partial charge in [-0.2, -0.15) is 0 Å². The topological polar surface area (TPSA) is 58.6 Å². The van der Waals surface area contributed by atoms with Crippen molar-refractivity contribution in [1.82, 2.24) is 10.2 Å². The quantitative estimate of drug-likeness (QED) is 0.514. The Bertz CT molecular complexity index is 471. The molecule has 24 heavy (non-hydrogen) atoms. The van der Waals surface area contributed by atoms with Crippen molar-refractivity contribution in [3.05, 3.63) is 23.8 Å². The number of ether oxygens (including phenoxy) is 1. The fourth-order valence-corrected chi connectivity index (χ4v) is 2.99. The molecule has 1 aliphatic heterocycles. The molecule has 5 nitrogen and oxygen atoms in total. The molecule has 0 aromatic heterocycles. The number of carbonyl (C=O) groups is 2. The van der Waals surface area contributed by atoms with E-state index in [-0.39, 0.29) is 13.4 Å². The van der Waals surface area contributed by atoms with E-state index in [0.717, 1.165) is 76.6 Å². The van der Waals surface area contributed by atoms with Gasteiger partial charge < -0.3 is 15.0 Å². The molecule has 0 radical (unpaired) electrons. The number of hydrogen-bond acceptors (Lipinski definition) is 3. The molecule has 0 aromatic carbocycles. The van der Waals surface area contributed by atoms with Gasteiger partial charge in [0, 0.05) is 27.5 Å². The minimum Gasteiger partial charge on any atom is -0.461 e. The van der Waals surface area contributed by atoms with E-state index in [1.165, 1.54) is 0 Å². The molecule has 0 spiro atoms. The molecule has 2 rings (SSSR count). The molecule has 1 N–H and O–H groups in total. The van der Waals surface area contributed by atoms with Crippen LogP contribution in [0.15, 0.2) is 23.8 Å². The molecule has 1 heterocycles. The molecular weight excluding hydrogens is 304 g/mol. The van der Waals surface area contributed by atoms with Crippen LogP contribution < -0.4 is 5.32 Å². The Morgan fingerprint density at radius 1 is 1.12 bits per heavy atom. The normalized spacial score (nSPS) is 16.8. The zero-order chi connectivity index (χ0) is 17.0. The van der Waals surface area contributed by atoms with Crippen molar-refractivity contribution in [2.24, 2.45) is 0 Å². The van der Waals surface area contributed by atoms with Crippen LogP contribution in [0.2, 0.25) is 0 Å². The summed E-state index contributed by atoms with van der Waals surface area (Å²) < 4.78 is 5.28. The molecule has 0 atom stereocenters. The van der Waals surface area contributed by atoms with Crippen LogP contribution in [0.1, 0.15) is 59.2 Å². The molecule has 1 aliphatic carbocycles. The number of hydrogen-bond donors (Lipinski definition) is 1. The maximum Gasteiger partial charge on any atom is 0.317 e. The van der Waals surface area contributed by atoms with Gasteiger partial charge >= 0.3 is 12.0 Å². The highest BCUT2D eigenvalue weighted by Gasteiger charge is 2.16. The molecule has 0 unspecified atom stereocenters. The summed E-state index contributed by atoms with van der Waals surface area (Å²) in [5, 5.41) is 2.96. The second-order valence-corrected chi connectivity index (χ2v) is 6.51. The molecule has 2 aliphatic rings. The lowest BCUT2D eigenvalue weighted by Crippen LogP contribution is -2.38. The summed E-state index contributed by atoms with van der Waals surface area (Å²) in [6, 6.07) is 0.0714. The fourth-order valence-electron chi connectivity index (χ4n) is 2.99. The number of allylic oxidation sites excluding steroid dienone is 2. The summed E-state index contributed by atoms with van der Waals surface area (Å²) in [7, 11) is 0. The lowest BCUT2D eigenvalue weighted by atomic mass is 10.1. The van der Waals surface area contributed by atoms with Gasteiger partial charge in [0.1, 0.15) is 6.61 Å². The first-order chi connectivity index (χ1) is 11.8. The van der Waals surface area contributed by atoms with Crippen LogP contribution in [0.3, 0.4) is 0 Å². The first-order valence-electron chi connectivity index (χ1n) is 9.29. The number of rotatable bonds is 9. The van der Waals surface area contributed by atoms with Gasteiger partial charge in [-0.25, -0.2) is 4.79 Å². The molecule has 0 aromatic rings. The van der Waals surface area contributed by atoms with Gasteiger partial charge in [-0.05, 0) is 44.1 Å². The molecule has 1 fully saturated rings. The largest absolute Gasteiger partial charge is 0.461 e. The lowest BCUT2D eigenvalue weighted by Gasteiger charge is -2.15. The Labute approximate surface area is 146 Å². The zero-order valence-electron chi connectivity index (χ0n) is 14.6. The third-order valence-corrected chi connectivity index (χ3v) is 4.45. The molecule has 0 saturated carbocycles. The van der Waals surface area contributed by atoms with E-state index in [1.54, 1.807) is 0 Å². The molecule has 0 bridgehead atoms. The number of carbonyl (C=O) groups excluding carboxylic acids is 2. The average molecular weight is 336 g/mol. The summed E-state index contributed by atoms with van der Waals surface area (Å²) in [5.74, 6) is -0.114. The monoisotopic (exact) mass is 336 g/mol. The number of unbranched alkanes of at least 4 members (excludes halogenated alkanes) is 3. The summed E-state index contributed by atoms with van der Waals surface area (Å²) in [4.78, 5) is 25.3. The Morgan fingerprint density at radius 2 is 1.92 bits per heavy atom. The van der Waals surface area contributed by atoms with Crippen LogP contribution in [0.5, 0.6) is 0 Å². The van der Waals surface area contributed by atoms with Crippen LogP contribution in [0, 0.1) is 0 Å². The van der Waals surface area contributed by atoms with Crippen LogP contribution >= 0.6 is 0 Å². The van der Waals surface area contributed by atoms with E-state index in [2.05, 4.69) is 17.5 Å². The van der Waals surface area contributed by atoms with E-state index in [4.69, 9.17) is 4.74 Å². The Hall–Kier alpha value is -1.78. The number of nitrogens with zero attached hydrogens (tertiary/aromatic N) is 1. The summed E-state index contributed by atoms with van der Waals surface area (Å²) in [5.41, 5.74) is 1.10. The summed E-state index contributed by atoms with van der Waals surface area (Å²) in [6.45, 7) is 2.90. The number of esters is 1. The van der Waals surface area contributed by atoms with Crippen LogP contribution in [-0.4, -0.2) is 43.1 Å². The van der Waals surface area contributed by atoms with Gasteiger partial charge in [0.25, 0.3) is 0 Å². The minimum atomic E-state index is -0.114. The van der Waals surface area contributed by atoms with E-state index in [1.807, 2.05) is 11.0 Å². The molecule has 136 valence electrons. The molecule has 2 amide bonds. The van der Waals surface area contributed by atoms with Gasteiger partial charge in [-0.3, -0.25) is 4.79 Å². The van der Waals surface area contributed by atoms with Crippen LogP contribution in [-0.2, 0) is 9.53 Å². The summed E-state index contributed by atoms with van der Waals surface area (Å²) in [6.07, 6.45) is 15.0. The van der Waals surface area contributed by atoms with Crippen molar-refractivity contribution < 1.29 is 15.8 Å². The van der Waals surface area contributed by atoms with Gasteiger partial charge in [0.15, 0.2) is 0 Å². The predicted octanol–water partition coefficient (Wildman–Crippen LogP) is 3.81. The van der Waals surface area contributed by atoms with Crippen molar-refractivity contribution in [1.29, 1.82) is 0 Å². The Morgan fingerprint density at radius 3 is 2.67 bits per heavy atom. The van der Waals surface area contributed by atoms with Gasteiger partial charge in [0.2, 0.25) is 0 Å². The second-order valence-electron chi connectivity index (χ2n) is 6.51. The second kappa shape index (κ2) is 10.9. The number of nitrogens with one attached hydrogen (secondary N) is 1. The van der Waals surface area contributed by atoms with Crippen molar-refractivity contribution in [3.63, 3.8) is 0 Å². The first-order valence-corrected chi connectivity index (χ1v) is 9.29. The van der Waals surface area contributed by atoms with E-state index in [9.17, 15) is 9.59 Å². The predicted molar refractivity (Wildman–Crippen MR) is 96.8 cm³/mol. The number of likely N-dealkylation sites (tertiary alicyclic amines) is 1. The standard InChI is InChI=1S/C19H30N2O3.H2/c22-18(24-16-17-10-4-3-5-11-17)12-6-1-2-7-13-20-19(23)21-14-8-9-15-21;/h4,10-11H,1-3,5-9,12-16H2,(H,20,23);1H. The maximum atomic E-state index is 11.8. The molecule has 1 saturated heterocycles. The van der Waals surface area contributed by atoms with E-state index >= 15 is 0 Å². The number of amides is 2. The summed E-state index contributed by atoms with van der Waals surface area (Å²) >= 11 is 0. The first kappa shape index (κ1) is 18.6. The van der Waals surface area contributed by atoms with Crippen molar-refractivity contribution in [2.75, 3.05) is 26.2 Å². The van der Waals surface area contributed by atoms with Gasteiger partial charge in [-0.15, -0.1) is 0 Å². The lowest BCUT2D eigenvalue weighted by molar-refractivity contribution is -0.142. The maximum absolute atomic E-state index is 11.8. The smallest absolute Gasteiger partial charge is 0.317 e. The highest BCUT2D eigenvalue weighted by atomic mass is 16.5. The minimum absolute atomic E-state index is 0. The highest BCUT2D eigenvalue weighted by molar-refractivity contribution is 5.74. The van der Waals surface area contributed by atoms with Crippen molar-refractivity contribution >= 4 is 12.0 Å². The fraction of sp³-hybridized carbons (Fsp3) is 0.684. The molecular formula is C19H32N2O3. The number of urea groups is 1. The van der Waals surface area contributed by atoms with Gasteiger partial charge in [0.05, 0.1) is 0 Å². The highest BCUT2D eigenvalue weighted by Crippen LogP contribution is 2.11. The van der Waals surface area contributed by atoms with Crippen LogP contribution in [0.4, 0.5) is 4.79 Å². The Balaban J connectivity index is 0.00000312.